The molecule has 102 valence electrons. The number of rotatable bonds is 9. The fraction of sp³-hybridized carbons (Fsp3) is 0.923. The van der Waals surface area contributed by atoms with Crippen LogP contribution in [0.1, 0.15) is 45.4 Å². The molecule has 3 nitrogen and oxygen atoms in total. The summed E-state index contributed by atoms with van der Waals surface area (Å²) in [7, 11) is 3.67. The molecule has 0 aromatic rings. The van der Waals surface area contributed by atoms with E-state index in [1.807, 2.05) is 14.1 Å². The number of carbonyl (C=O) groups is 1. The van der Waals surface area contributed by atoms with Crippen LogP contribution in [0, 0.1) is 0 Å². The summed E-state index contributed by atoms with van der Waals surface area (Å²) in [6.07, 6.45) is 5.76. The molecule has 17 heavy (non-hydrogen) atoms. The first-order valence-electron chi connectivity index (χ1n) is 6.54. The molecule has 1 atom stereocenters. The van der Waals surface area contributed by atoms with E-state index in [1.54, 1.807) is 0 Å². The van der Waals surface area contributed by atoms with E-state index in [4.69, 9.17) is 11.6 Å². The van der Waals surface area contributed by atoms with Gasteiger partial charge in [0.1, 0.15) is 12.6 Å². The molecule has 1 unspecified atom stereocenters. The Labute approximate surface area is 110 Å². The van der Waals surface area contributed by atoms with Gasteiger partial charge < -0.3 is 5.11 Å². The molecule has 1 amide bonds. The highest BCUT2D eigenvalue weighted by atomic mass is 35.5. The van der Waals surface area contributed by atoms with E-state index in [0.29, 0.717) is 13.0 Å². The molecular weight excluding hydrogens is 238 g/mol. The molecule has 0 saturated heterocycles. The average molecular weight is 265 g/mol. The Balaban J connectivity index is 3.86. The van der Waals surface area contributed by atoms with E-state index in [-0.39, 0.29) is 16.3 Å². The molecular formula is C13H27ClNO2+. The number of halogens is 1. The van der Waals surface area contributed by atoms with Gasteiger partial charge in [-0.25, -0.2) is 4.79 Å². The Hall–Kier alpha value is -0.120. The molecule has 0 aliphatic heterocycles. The Morgan fingerprint density at radius 3 is 2.35 bits per heavy atom. The highest BCUT2D eigenvalue weighted by molar-refractivity contribution is 6.18. The van der Waals surface area contributed by atoms with Crippen LogP contribution in [0.5, 0.6) is 0 Å². The number of hydrogen-bond acceptors (Lipinski definition) is 2. The van der Waals surface area contributed by atoms with Crippen LogP contribution in [0.25, 0.3) is 0 Å². The van der Waals surface area contributed by atoms with Crippen LogP contribution in [0.15, 0.2) is 0 Å². The Morgan fingerprint density at radius 1 is 1.24 bits per heavy atom. The first-order chi connectivity index (χ1) is 7.94. The molecule has 0 fully saturated rings. The van der Waals surface area contributed by atoms with Crippen molar-refractivity contribution in [1.29, 1.82) is 0 Å². The summed E-state index contributed by atoms with van der Waals surface area (Å²) in [5.41, 5.74) is 0. The lowest BCUT2D eigenvalue weighted by Gasteiger charge is -2.28. The van der Waals surface area contributed by atoms with Gasteiger partial charge in [0.15, 0.2) is 0 Å². The second kappa shape index (κ2) is 8.90. The summed E-state index contributed by atoms with van der Waals surface area (Å²) < 4.78 is 0.224. The lowest BCUT2D eigenvalue weighted by molar-refractivity contribution is -0.817. The van der Waals surface area contributed by atoms with E-state index in [1.165, 1.54) is 19.3 Å². The Morgan fingerprint density at radius 2 is 1.82 bits per heavy atom. The van der Waals surface area contributed by atoms with Gasteiger partial charge in [0.05, 0.1) is 26.4 Å². The van der Waals surface area contributed by atoms with Crippen LogP contribution < -0.4 is 0 Å². The monoisotopic (exact) mass is 264 g/mol. The third-order valence-corrected chi connectivity index (χ3v) is 3.37. The normalized spacial score (nSPS) is 13.7. The third kappa shape index (κ3) is 7.74. The van der Waals surface area contributed by atoms with Gasteiger partial charge in [-0.15, -0.1) is 11.6 Å². The summed E-state index contributed by atoms with van der Waals surface area (Å²) in [6.45, 7) is 2.58. The topological polar surface area (TPSA) is 37.3 Å². The summed E-state index contributed by atoms with van der Waals surface area (Å²) in [6, 6.07) is 0. The zero-order chi connectivity index (χ0) is 13.3. The number of aliphatic hydroxyl groups excluding tert-OH is 1. The second-order valence-electron chi connectivity index (χ2n) is 5.23. The van der Waals surface area contributed by atoms with E-state index in [2.05, 4.69) is 6.92 Å². The number of quaternary nitrogens is 1. The largest absolute Gasteiger partial charge is 0.386 e. The standard InChI is InChI=1S/C13H27ClNO2/c1-4-5-6-7-8-9-13(17)15(2,3)11-12(16)10-14/h12,16H,4-11H2,1-3H3/q+1. The first-order valence-corrected chi connectivity index (χ1v) is 7.08. The minimum Gasteiger partial charge on any atom is -0.386 e. The van der Waals surface area contributed by atoms with Crippen LogP contribution in [0.2, 0.25) is 0 Å². The average Bonchev–Trinajstić information content (AvgIpc) is 2.27. The van der Waals surface area contributed by atoms with Crippen LogP contribution in [-0.2, 0) is 4.79 Å². The van der Waals surface area contributed by atoms with Crippen LogP contribution >= 0.6 is 11.6 Å². The third-order valence-electron chi connectivity index (χ3n) is 3.01. The molecule has 0 aromatic heterocycles. The van der Waals surface area contributed by atoms with Gasteiger partial charge in [-0.3, -0.25) is 4.48 Å². The summed E-state index contributed by atoms with van der Waals surface area (Å²) >= 11 is 5.55. The zero-order valence-corrected chi connectivity index (χ0v) is 12.2. The van der Waals surface area contributed by atoms with Crippen LogP contribution in [0.3, 0.4) is 0 Å². The van der Waals surface area contributed by atoms with Crippen molar-refractivity contribution in [2.24, 2.45) is 0 Å². The van der Waals surface area contributed by atoms with Crippen molar-refractivity contribution in [3.8, 4) is 0 Å². The molecule has 4 heteroatoms. The second-order valence-corrected chi connectivity index (χ2v) is 5.54. The zero-order valence-electron chi connectivity index (χ0n) is 11.4. The molecule has 0 aliphatic rings. The molecule has 0 saturated carbocycles. The van der Waals surface area contributed by atoms with Gasteiger partial charge >= 0.3 is 5.91 Å². The molecule has 0 spiro atoms. The number of alkyl halides is 1. The number of amides is 1. The lowest BCUT2D eigenvalue weighted by Crippen LogP contribution is -2.50. The molecule has 0 aromatic carbocycles. The molecule has 0 heterocycles. The Kier molecular flexibility index (Phi) is 8.83. The predicted octanol–water partition coefficient (Wildman–Crippen LogP) is 2.55. The maximum absolute atomic E-state index is 12.0. The van der Waals surface area contributed by atoms with Gasteiger partial charge in [-0.2, -0.15) is 0 Å². The van der Waals surface area contributed by atoms with Gasteiger partial charge in [0.25, 0.3) is 0 Å². The highest BCUT2D eigenvalue weighted by Crippen LogP contribution is 2.10. The molecule has 0 rings (SSSR count). The predicted molar refractivity (Wildman–Crippen MR) is 72.1 cm³/mol. The number of carbonyl (C=O) groups excluding carboxylic acids is 1. The minimum absolute atomic E-state index is 0.186. The lowest BCUT2D eigenvalue weighted by atomic mass is 10.1. The van der Waals surface area contributed by atoms with E-state index < -0.39 is 6.10 Å². The van der Waals surface area contributed by atoms with E-state index in [0.717, 1.165) is 12.8 Å². The van der Waals surface area contributed by atoms with Crippen molar-refractivity contribution in [2.75, 3.05) is 26.5 Å². The number of unbranched alkanes of at least 4 members (excludes halogenated alkanes) is 4. The van der Waals surface area contributed by atoms with Crippen molar-refractivity contribution in [3.63, 3.8) is 0 Å². The number of nitrogens with zero attached hydrogens (tertiary/aromatic N) is 1. The smallest absolute Gasteiger partial charge is 0.313 e. The quantitative estimate of drug-likeness (QED) is 0.395. The van der Waals surface area contributed by atoms with E-state index in [9.17, 15) is 9.90 Å². The number of aliphatic hydroxyl groups is 1. The Bertz CT molecular complexity index is 219. The van der Waals surface area contributed by atoms with Crippen molar-refractivity contribution < 1.29 is 14.4 Å². The van der Waals surface area contributed by atoms with Gasteiger partial charge in [0.2, 0.25) is 0 Å². The van der Waals surface area contributed by atoms with Crippen molar-refractivity contribution in [1.82, 2.24) is 0 Å². The fourth-order valence-corrected chi connectivity index (χ4v) is 1.96. The highest BCUT2D eigenvalue weighted by Gasteiger charge is 2.28. The van der Waals surface area contributed by atoms with Gasteiger partial charge in [0, 0.05) is 0 Å². The van der Waals surface area contributed by atoms with Gasteiger partial charge in [-0.1, -0.05) is 32.6 Å². The summed E-state index contributed by atoms with van der Waals surface area (Å²) in [5, 5.41) is 9.48. The number of likely N-dealkylation sites (N-methyl/N-ethyl adjacent to an activating group) is 1. The van der Waals surface area contributed by atoms with Crippen LogP contribution in [-0.4, -0.2) is 48.1 Å². The first kappa shape index (κ1) is 16.9. The van der Waals surface area contributed by atoms with Crippen molar-refractivity contribution >= 4 is 17.5 Å². The summed E-state index contributed by atoms with van der Waals surface area (Å²) in [5.74, 6) is 0.372. The van der Waals surface area contributed by atoms with Crippen LogP contribution in [0.4, 0.5) is 0 Å². The van der Waals surface area contributed by atoms with E-state index >= 15 is 0 Å². The fourth-order valence-electron chi connectivity index (χ4n) is 1.86. The SMILES string of the molecule is CCCCCCCC(=O)[N+](C)(C)CC(O)CCl. The molecule has 0 bridgehead atoms. The number of hydrogen-bond donors (Lipinski definition) is 1. The maximum Gasteiger partial charge on any atom is 0.313 e. The van der Waals surface area contributed by atoms with Gasteiger partial charge in [-0.05, 0) is 6.42 Å². The summed E-state index contributed by atoms with van der Waals surface area (Å²) in [4.78, 5) is 12.0. The maximum atomic E-state index is 12.0. The molecule has 0 radical (unpaired) electrons. The minimum atomic E-state index is -0.601. The molecule has 1 N–H and O–H groups in total. The molecule has 0 aliphatic carbocycles. The van der Waals surface area contributed by atoms with Crippen molar-refractivity contribution in [2.45, 2.75) is 51.6 Å². The van der Waals surface area contributed by atoms with Crippen molar-refractivity contribution in [3.05, 3.63) is 0 Å².